The van der Waals surface area contributed by atoms with E-state index in [1.165, 1.54) is 0 Å². The Bertz CT molecular complexity index is 925. The summed E-state index contributed by atoms with van der Waals surface area (Å²) in [7, 11) is 0. The molecule has 1 aromatic rings. The first-order chi connectivity index (χ1) is 15.8. The Balaban J connectivity index is 1.63. The van der Waals surface area contributed by atoms with Crippen LogP contribution in [0.1, 0.15) is 38.2 Å². The zero-order valence-corrected chi connectivity index (χ0v) is 20.6. The van der Waals surface area contributed by atoms with Gasteiger partial charge in [0, 0.05) is 35.5 Å². The van der Waals surface area contributed by atoms with E-state index in [0.717, 1.165) is 44.5 Å². The Morgan fingerprint density at radius 1 is 1.27 bits per heavy atom. The highest BCUT2D eigenvalue weighted by Crippen LogP contribution is 2.24. The van der Waals surface area contributed by atoms with Crippen molar-refractivity contribution in [1.29, 1.82) is 5.41 Å². The van der Waals surface area contributed by atoms with Gasteiger partial charge in [-0.25, -0.2) is 0 Å². The number of carbonyl (C=O) groups excluding carboxylic acids is 1. The van der Waals surface area contributed by atoms with Crippen LogP contribution in [0.15, 0.2) is 28.2 Å². The summed E-state index contributed by atoms with van der Waals surface area (Å²) >= 11 is 12.5. The lowest BCUT2D eigenvalue weighted by molar-refractivity contribution is -0.112. The van der Waals surface area contributed by atoms with Gasteiger partial charge in [-0.05, 0) is 62.7 Å². The van der Waals surface area contributed by atoms with Gasteiger partial charge in [0.05, 0.1) is 12.6 Å². The standard InChI is InChI=1S/C23H33Cl2N7O/c1-2-8-31-9-5-15(6-10-31)21(27)30-23(33)19(26)13-20-22(28)29-7-11-32(20)14-16-12-17(24)3-4-18(16)25/h3-4,12,15,20,26H,2,5-11,13-14H2,1H3,(H2,28,29)(H2,27,30,33). The number of halogens is 2. The van der Waals surface area contributed by atoms with Gasteiger partial charge < -0.3 is 16.4 Å². The van der Waals surface area contributed by atoms with Gasteiger partial charge in [0.1, 0.15) is 17.4 Å². The van der Waals surface area contributed by atoms with Crippen LogP contribution in [0.25, 0.3) is 0 Å². The van der Waals surface area contributed by atoms with Gasteiger partial charge in [-0.15, -0.1) is 0 Å². The maximum atomic E-state index is 12.7. The minimum atomic E-state index is -0.609. The number of nitrogens with zero attached hydrogens (tertiary/aromatic N) is 4. The third-order valence-corrected chi connectivity index (χ3v) is 6.88. The van der Waals surface area contributed by atoms with Crippen molar-refractivity contribution in [2.75, 3.05) is 32.7 Å². The molecule has 10 heteroatoms. The third kappa shape index (κ3) is 6.99. The number of aliphatic imine (C=N–C) groups is 2. The number of carbonyl (C=O) groups is 1. The van der Waals surface area contributed by atoms with Crippen LogP contribution >= 0.6 is 23.2 Å². The van der Waals surface area contributed by atoms with Crippen molar-refractivity contribution in [2.45, 2.75) is 45.2 Å². The first kappa shape index (κ1) is 25.6. The van der Waals surface area contributed by atoms with Gasteiger partial charge in [0.15, 0.2) is 0 Å². The van der Waals surface area contributed by atoms with E-state index in [4.69, 9.17) is 40.1 Å². The van der Waals surface area contributed by atoms with Crippen LogP contribution in [-0.4, -0.2) is 71.9 Å². The van der Waals surface area contributed by atoms with Crippen LogP contribution in [0, 0.1) is 11.3 Å². The topological polar surface area (TPSA) is 124 Å². The second-order valence-corrected chi connectivity index (χ2v) is 9.51. The van der Waals surface area contributed by atoms with Gasteiger partial charge in [0.25, 0.3) is 5.91 Å². The normalized spacial score (nSPS) is 21.1. The van der Waals surface area contributed by atoms with Crippen LogP contribution in [-0.2, 0) is 11.3 Å². The first-order valence-electron chi connectivity index (χ1n) is 11.4. The number of nitrogens with two attached hydrogens (primary N) is 2. The minimum absolute atomic E-state index is 0.0811. The van der Waals surface area contributed by atoms with Crippen LogP contribution < -0.4 is 11.5 Å². The van der Waals surface area contributed by atoms with Crippen LogP contribution in [0.3, 0.4) is 0 Å². The molecule has 33 heavy (non-hydrogen) atoms. The summed E-state index contributed by atoms with van der Waals surface area (Å²) in [5.41, 5.74) is 13.1. The van der Waals surface area contributed by atoms with Crippen molar-refractivity contribution in [3.8, 4) is 0 Å². The molecule has 0 aliphatic carbocycles. The van der Waals surface area contributed by atoms with Crippen molar-refractivity contribution in [3.63, 3.8) is 0 Å². The fraction of sp³-hybridized carbons (Fsp3) is 0.565. The van der Waals surface area contributed by atoms with Crippen molar-refractivity contribution in [3.05, 3.63) is 33.8 Å². The smallest absolute Gasteiger partial charge is 0.292 e. The molecular formula is C23H33Cl2N7O. The van der Waals surface area contributed by atoms with Crippen molar-refractivity contribution >= 4 is 46.5 Å². The number of amidine groups is 2. The van der Waals surface area contributed by atoms with Gasteiger partial charge in [-0.1, -0.05) is 30.1 Å². The molecular weight excluding hydrogens is 461 g/mol. The van der Waals surface area contributed by atoms with Gasteiger partial charge in [0.2, 0.25) is 0 Å². The lowest BCUT2D eigenvalue weighted by Crippen LogP contribution is -2.50. The van der Waals surface area contributed by atoms with E-state index in [1.54, 1.807) is 12.1 Å². The highest BCUT2D eigenvalue weighted by Gasteiger charge is 2.29. The predicted molar refractivity (Wildman–Crippen MR) is 136 cm³/mol. The molecule has 0 saturated carbocycles. The Morgan fingerprint density at radius 3 is 2.70 bits per heavy atom. The summed E-state index contributed by atoms with van der Waals surface area (Å²) in [4.78, 5) is 25.5. The average Bonchev–Trinajstić information content (AvgIpc) is 2.79. The molecule has 0 radical (unpaired) electrons. The maximum Gasteiger partial charge on any atom is 0.292 e. The van der Waals surface area contributed by atoms with Crippen LogP contribution in [0.5, 0.6) is 0 Å². The Labute approximate surface area is 205 Å². The van der Waals surface area contributed by atoms with Gasteiger partial charge in [-0.3, -0.25) is 20.1 Å². The molecule has 2 heterocycles. The van der Waals surface area contributed by atoms with E-state index in [2.05, 4.69) is 26.7 Å². The number of likely N-dealkylation sites (tertiary alicyclic amines) is 1. The number of hydrogen-bond donors (Lipinski definition) is 3. The van der Waals surface area contributed by atoms with E-state index >= 15 is 0 Å². The molecule has 2 aliphatic rings. The van der Waals surface area contributed by atoms with E-state index in [1.807, 2.05) is 6.07 Å². The molecule has 0 bridgehead atoms. The highest BCUT2D eigenvalue weighted by molar-refractivity contribution is 6.40. The molecule has 8 nitrogen and oxygen atoms in total. The number of benzene rings is 1. The number of hydrogen-bond acceptors (Lipinski definition) is 6. The predicted octanol–water partition coefficient (Wildman–Crippen LogP) is 2.95. The van der Waals surface area contributed by atoms with Crippen molar-refractivity contribution in [2.24, 2.45) is 27.4 Å². The fourth-order valence-electron chi connectivity index (χ4n) is 4.39. The summed E-state index contributed by atoms with van der Waals surface area (Å²) in [5, 5.41) is 9.56. The molecule has 1 unspecified atom stereocenters. The van der Waals surface area contributed by atoms with E-state index in [0.29, 0.717) is 41.4 Å². The Morgan fingerprint density at radius 2 is 2.00 bits per heavy atom. The van der Waals surface area contributed by atoms with Gasteiger partial charge >= 0.3 is 0 Å². The quantitative estimate of drug-likeness (QED) is 0.379. The van der Waals surface area contributed by atoms with Gasteiger partial charge in [-0.2, -0.15) is 4.99 Å². The maximum absolute atomic E-state index is 12.7. The van der Waals surface area contributed by atoms with E-state index < -0.39 is 5.91 Å². The fourth-order valence-corrected chi connectivity index (χ4v) is 4.76. The van der Waals surface area contributed by atoms with Crippen molar-refractivity contribution < 1.29 is 4.79 Å². The monoisotopic (exact) mass is 493 g/mol. The van der Waals surface area contributed by atoms with Crippen LogP contribution in [0.2, 0.25) is 10.0 Å². The first-order valence-corrected chi connectivity index (χ1v) is 12.2. The lowest BCUT2D eigenvalue weighted by atomic mass is 9.95. The molecule has 0 aromatic heterocycles. The molecule has 1 aromatic carbocycles. The molecule has 3 rings (SSSR count). The third-order valence-electron chi connectivity index (χ3n) is 6.28. The number of amides is 1. The summed E-state index contributed by atoms with van der Waals surface area (Å²) in [6.45, 7) is 6.83. The summed E-state index contributed by atoms with van der Waals surface area (Å²) in [6.07, 6.45) is 2.99. The minimum Gasteiger partial charge on any atom is -0.387 e. The molecule has 5 N–H and O–H groups in total. The second kappa shape index (κ2) is 11.9. The number of piperidine rings is 1. The highest BCUT2D eigenvalue weighted by atomic mass is 35.5. The molecule has 180 valence electrons. The average molecular weight is 494 g/mol. The van der Waals surface area contributed by atoms with E-state index in [9.17, 15) is 4.79 Å². The Kier molecular flexibility index (Phi) is 9.26. The zero-order chi connectivity index (χ0) is 24.0. The number of nitrogens with one attached hydrogen (secondary N) is 1. The SMILES string of the molecule is CCCN1CCC(C(N)=NC(=O)C(=N)CC2C(N)=NCCN2Cc2cc(Cl)ccc2Cl)CC1. The zero-order valence-electron chi connectivity index (χ0n) is 19.1. The molecule has 1 fully saturated rings. The molecule has 1 atom stereocenters. The molecule has 0 spiro atoms. The largest absolute Gasteiger partial charge is 0.387 e. The Hall–Kier alpha value is -2.00. The van der Waals surface area contributed by atoms with Crippen molar-refractivity contribution in [1.82, 2.24) is 9.80 Å². The lowest BCUT2D eigenvalue weighted by Gasteiger charge is -2.34. The summed E-state index contributed by atoms with van der Waals surface area (Å²) < 4.78 is 0. The summed E-state index contributed by atoms with van der Waals surface area (Å²) in [6, 6.07) is 4.92. The second-order valence-electron chi connectivity index (χ2n) is 8.67. The van der Waals surface area contributed by atoms with E-state index in [-0.39, 0.29) is 24.1 Å². The van der Waals surface area contributed by atoms with Crippen LogP contribution in [0.4, 0.5) is 0 Å². The number of rotatable bonds is 8. The molecule has 1 amide bonds. The molecule has 1 saturated heterocycles. The summed E-state index contributed by atoms with van der Waals surface area (Å²) in [5.74, 6) is 0.200. The molecule has 2 aliphatic heterocycles.